The fraction of sp³-hybridized carbons (Fsp3) is 0.789. The SMILES string of the molecule is CC12CCC3C(CC[C@H]4CC=CC(=O)C34C)C1CCC2=O. The van der Waals surface area contributed by atoms with E-state index >= 15 is 0 Å². The van der Waals surface area contributed by atoms with Crippen molar-refractivity contribution in [2.24, 2.45) is 34.5 Å². The van der Waals surface area contributed by atoms with Crippen LogP contribution < -0.4 is 0 Å². The third kappa shape index (κ3) is 1.59. The van der Waals surface area contributed by atoms with Crippen LogP contribution in [0.1, 0.15) is 58.8 Å². The van der Waals surface area contributed by atoms with Crippen LogP contribution in [0.15, 0.2) is 12.2 Å². The number of hydrogen-bond acceptors (Lipinski definition) is 2. The molecule has 114 valence electrons. The highest BCUT2D eigenvalue weighted by Gasteiger charge is 2.61. The van der Waals surface area contributed by atoms with Crippen LogP contribution >= 0.6 is 0 Å². The zero-order valence-corrected chi connectivity index (χ0v) is 13.2. The summed E-state index contributed by atoms with van der Waals surface area (Å²) in [6.07, 6.45) is 11.3. The molecule has 0 aromatic carbocycles. The van der Waals surface area contributed by atoms with E-state index in [1.165, 1.54) is 12.8 Å². The minimum atomic E-state index is -0.148. The first-order valence-electron chi connectivity index (χ1n) is 8.72. The van der Waals surface area contributed by atoms with Crippen molar-refractivity contribution in [3.05, 3.63) is 12.2 Å². The maximum Gasteiger partial charge on any atom is 0.161 e. The molecule has 3 saturated carbocycles. The lowest BCUT2D eigenvalue weighted by Gasteiger charge is -2.57. The van der Waals surface area contributed by atoms with Gasteiger partial charge in [-0.3, -0.25) is 9.59 Å². The molecule has 0 radical (unpaired) electrons. The monoisotopic (exact) mass is 286 g/mol. The van der Waals surface area contributed by atoms with Gasteiger partial charge in [0, 0.05) is 17.3 Å². The fourth-order valence-electron chi connectivity index (χ4n) is 6.47. The van der Waals surface area contributed by atoms with E-state index in [2.05, 4.69) is 19.9 Å². The number of hydrogen-bond donors (Lipinski definition) is 0. The minimum Gasteiger partial charge on any atom is -0.299 e. The maximum absolute atomic E-state index is 12.7. The van der Waals surface area contributed by atoms with Crippen LogP contribution in [-0.2, 0) is 9.59 Å². The number of rotatable bonds is 0. The summed E-state index contributed by atoms with van der Waals surface area (Å²) >= 11 is 0. The van der Waals surface area contributed by atoms with E-state index in [4.69, 9.17) is 0 Å². The van der Waals surface area contributed by atoms with Gasteiger partial charge >= 0.3 is 0 Å². The zero-order chi connectivity index (χ0) is 14.8. The highest BCUT2D eigenvalue weighted by atomic mass is 16.1. The molecule has 4 rings (SSSR count). The normalized spacial score (nSPS) is 52.3. The molecular formula is C19H26O2. The van der Waals surface area contributed by atoms with Crippen LogP contribution in [0.3, 0.4) is 0 Å². The number of fused-ring (bicyclic) bond motifs is 5. The highest BCUT2D eigenvalue weighted by molar-refractivity contribution is 5.96. The molecule has 2 nitrogen and oxygen atoms in total. The highest BCUT2D eigenvalue weighted by Crippen LogP contribution is 2.64. The van der Waals surface area contributed by atoms with E-state index < -0.39 is 0 Å². The summed E-state index contributed by atoms with van der Waals surface area (Å²) in [5.74, 6) is 3.05. The number of carbonyl (C=O) groups excluding carboxylic acids is 2. The molecule has 21 heavy (non-hydrogen) atoms. The Morgan fingerprint density at radius 1 is 1.05 bits per heavy atom. The van der Waals surface area contributed by atoms with Gasteiger partial charge in [-0.2, -0.15) is 0 Å². The molecule has 6 atom stereocenters. The molecule has 3 fully saturated rings. The molecule has 4 aliphatic carbocycles. The lowest BCUT2D eigenvalue weighted by Crippen LogP contribution is -2.55. The predicted molar refractivity (Wildman–Crippen MR) is 81.6 cm³/mol. The first kappa shape index (κ1) is 13.7. The second-order valence-electron chi connectivity index (χ2n) is 8.35. The summed E-state index contributed by atoms with van der Waals surface area (Å²) in [5, 5.41) is 0. The quantitative estimate of drug-likeness (QED) is 0.676. The molecule has 4 aliphatic rings. The Hall–Kier alpha value is -0.920. The first-order chi connectivity index (χ1) is 9.98. The summed E-state index contributed by atoms with van der Waals surface area (Å²) in [4.78, 5) is 25.0. The van der Waals surface area contributed by atoms with Gasteiger partial charge in [-0.15, -0.1) is 0 Å². The van der Waals surface area contributed by atoms with Crippen molar-refractivity contribution in [1.82, 2.24) is 0 Å². The van der Waals surface area contributed by atoms with E-state index in [-0.39, 0.29) is 10.8 Å². The van der Waals surface area contributed by atoms with Gasteiger partial charge in [0.15, 0.2) is 5.78 Å². The van der Waals surface area contributed by atoms with E-state index in [9.17, 15) is 9.59 Å². The van der Waals surface area contributed by atoms with Crippen molar-refractivity contribution in [1.29, 1.82) is 0 Å². The molecule has 0 aromatic rings. The second-order valence-corrected chi connectivity index (χ2v) is 8.35. The van der Waals surface area contributed by atoms with E-state index in [0.717, 1.165) is 32.1 Å². The lowest BCUT2D eigenvalue weighted by atomic mass is 9.46. The third-order valence-corrected chi connectivity index (χ3v) is 7.83. The van der Waals surface area contributed by atoms with Crippen molar-refractivity contribution in [3.63, 3.8) is 0 Å². The lowest BCUT2D eigenvalue weighted by molar-refractivity contribution is -0.148. The Bertz CT molecular complexity index is 534. The average molecular weight is 286 g/mol. The van der Waals surface area contributed by atoms with Crippen LogP contribution in [0.5, 0.6) is 0 Å². The number of ketones is 2. The van der Waals surface area contributed by atoms with E-state index in [1.54, 1.807) is 0 Å². The van der Waals surface area contributed by atoms with Crippen LogP contribution in [0, 0.1) is 34.5 Å². The number of carbonyl (C=O) groups is 2. The standard InChI is InChI=1S/C19H26O2/c1-18-11-10-15-13(14(18)8-9-16(18)20)7-6-12-4-3-5-17(21)19(12,15)2/h3,5,12-15H,4,6-11H2,1-2H3/t12-,13?,14?,15?,18?,19?/m1/s1. The Morgan fingerprint density at radius 3 is 2.67 bits per heavy atom. The summed E-state index contributed by atoms with van der Waals surface area (Å²) < 4.78 is 0. The van der Waals surface area contributed by atoms with Gasteiger partial charge in [-0.1, -0.05) is 19.9 Å². The molecule has 0 amide bonds. The first-order valence-corrected chi connectivity index (χ1v) is 8.72. The van der Waals surface area contributed by atoms with Gasteiger partial charge < -0.3 is 0 Å². The molecule has 2 heteroatoms. The summed E-state index contributed by atoms with van der Waals surface area (Å²) in [6.45, 7) is 4.44. The molecule has 0 aliphatic heterocycles. The van der Waals surface area contributed by atoms with Crippen molar-refractivity contribution >= 4 is 11.6 Å². The van der Waals surface area contributed by atoms with Crippen molar-refractivity contribution in [2.75, 3.05) is 0 Å². The number of Topliss-reactive ketones (excluding diaryl/α,β-unsaturated/α-hetero) is 1. The Labute approximate surface area is 127 Å². The Morgan fingerprint density at radius 2 is 1.86 bits per heavy atom. The molecule has 5 unspecified atom stereocenters. The summed E-state index contributed by atoms with van der Waals surface area (Å²) in [5.41, 5.74) is -0.220. The van der Waals surface area contributed by atoms with Gasteiger partial charge in [0.25, 0.3) is 0 Å². The van der Waals surface area contributed by atoms with Crippen LogP contribution in [0.2, 0.25) is 0 Å². The smallest absolute Gasteiger partial charge is 0.161 e. The van der Waals surface area contributed by atoms with Gasteiger partial charge in [0.05, 0.1) is 0 Å². The van der Waals surface area contributed by atoms with Crippen LogP contribution in [0.4, 0.5) is 0 Å². The number of allylic oxidation sites excluding steroid dienone is 2. The van der Waals surface area contributed by atoms with Crippen molar-refractivity contribution in [2.45, 2.75) is 58.8 Å². The molecule has 0 heterocycles. The van der Waals surface area contributed by atoms with Crippen LogP contribution in [-0.4, -0.2) is 11.6 Å². The Kier molecular flexibility index (Phi) is 2.81. The van der Waals surface area contributed by atoms with Gasteiger partial charge in [0.1, 0.15) is 5.78 Å². The molecule has 0 saturated heterocycles. The fourth-order valence-corrected chi connectivity index (χ4v) is 6.47. The van der Waals surface area contributed by atoms with Gasteiger partial charge in [-0.05, 0) is 68.3 Å². The molecule has 0 bridgehead atoms. The minimum absolute atomic E-state index is 0.0715. The summed E-state index contributed by atoms with van der Waals surface area (Å²) in [6, 6.07) is 0. The molecule has 0 N–H and O–H groups in total. The maximum atomic E-state index is 12.7. The van der Waals surface area contributed by atoms with E-state index in [1.807, 2.05) is 6.08 Å². The van der Waals surface area contributed by atoms with Gasteiger partial charge in [0.2, 0.25) is 0 Å². The summed E-state index contributed by atoms with van der Waals surface area (Å²) in [7, 11) is 0. The van der Waals surface area contributed by atoms with E-state index in [0.29, 0.717) is 35.2 Å². The second kappa shape index (κ2) is 4.30. The van der Waals surface area contributed by atoms with Gasteiger partial charge in [-0.25, -0.2) is 0 Å². The zero-order valence-electron chi connectivity index (χ0n) is 13.2. The Balaban J connectivity index is 1.72. The predicted octanol–water partition coefficient (Wildman–Crippen LogP) is 3.94. The molecule has 0 spiro atoms. The largest absolute Gasteiger partial charge is 0.299 e. The van der Waals surface area contributed by atoms with Crippen LogP contribution in [0.25, 0.3) is 0 Å². The third-order valence-electron chi connectivity index (χ3n) is 7.83. The average Bonchev–Trinajstić information content (AvgIpc) is 2.76. The molecule has 0 aromatic heterocycles. The topological polar surface area (TPSA) is 34.1 Å². The van der Waals surface area contributed by atoms with Crippen molar-refractivity contribution in [3.8, 4) is 0 Å². The van der Waals surface area contributed by atoms with Crippen molar-refractivity contribution < 1.29 is 9.59 Å². The molecular weight excluding hydrogens is 260 g/mol.